The van der Waals surface area contributed by atoms with Crippen molar-refractivity contribution in [1.29, 1.82) is 0 Å². The molecule has 0 N–H and O–H groups in total. The van der Waals surface area contributed by atoms with E-state index in [1.165, 1.54) is 5.56 Å². The van der Waals surface area contributed by atoms with Gasteiger partial charge in [0.2, 0.25) is 0 Å². The smallest absolute Gasteiger partial charge is 0.186 e. The van der Waals surface area contributed by atoms with Crippen LogP contribution in [0.3, 0.4) is 0 Å². The number of para-hydroxylation sites is 1. The lowest BCUT2D eigenvalue weighted by atomic mass is 10.0. The van der Waals surface area contributed by atoms with Crippen LogP contribution >= 0.6 is 11.6 Å². The van der Waals surface area contributed by atoms with E-state index in [1.54, 1.807) is 0 Å². The van der Waals surface area contributed by atoms with Gasteiger partial charge in [0.25, 0.3) is 0 Å². The second-order valence-electron chi connectivity index (χ2n) is 4.95. The van der Waals surface area contributed by atoms with Gasteiger partial charge in [-0.2, -0.15) is 0 Å². The molecule has 1 heterocycles. The Hall–Kier alpha value is -1.55. The van der Waals surface area contributed by atoms with E-state index in [0.717, 1.165) is 17.1 Å². The summed E-state index contributed by atoms with van der Waals surface area (Å²) in [7, 11) is 0. The molecule has 0 spiro atoms. The van der Waals surface area contributed by atoms with E-state index < -0.39 is 0 Å². The highest BCUT2D eigenvalue weighted by molar-refractivity contribution is 6.30. The first-order valence-electron chi connectivity index (χ1n) is 7.16. The summed E-state index contributed by atoms with van der Waals surface area (Å²) in [6, 6.07) is 18.1. The molecule has 0 unspecified atom stereocenters. The van der Waals surface area contributed by atoms with Gasteiger partial charge < -0.3 is 4.74 Å². The molecule has 2 aromatic carbocycles. The molecule has 0 aromatic heterocycles. The number of nitrogens with zero attached hydrogens (tertiary/aromatic N) is 1. The Morgan fingerprint density at radius 1 is 1.14 bits per heavy atom. The van der Waals surface area contributed by atoms with Crippen molar-refractivity contribution >= 4 is 17.3 Å². The first-order chi connectivity index (χ1) is 10.3. The summed E-state index contributed by atoms with van der Waals surface area (Å²) < 4.78 is 5.64. The summed E-state index contributed by atoms with van der Waals surface area (Å²) in [4.78, 5) is 5.96. The minimum atomic E-state index is -0.212. The highest BCUT2D eigenvalue weighted by atomic mass is 35.5. The van der Waals surface area contributed by atoms with Crippen molar-refractivity contribution in [2.45, 2.75) is 25.7 Å². The fraction of sp³-hybridized carbons (Fsp3) is 0.294. The standard InChI is InChI=1S/C17H18ClNO2/c1-2-20-17-12-16(13-8-10-14(18)11-9-13)19(21-17)15-6-4-3-5-7-15/h3-11,16-17H,2,12H2,1H3/t16-,17+/m0/s1. The largest absolute Gasteiger partial charge is 0.350 e. The summed E-state index contributed by atoms with van der Waals surface area (Å²) in [5.41, 5.74) is 2.20. The van der Waals surface area contributed by atoms with Gasteiger partial charge >= 0.3 is 0 Å². The molecular formula is C17H18ClNO2. The van der Waals surface area contributed by atoms with Crippen LogP contribution in [0.15, 0.2) is 54.6 Å². The van der Waals surface area contributed by atoms with Crippen molar-refractivity contribution in [3.63, 3.8) is 0 Å². The number of benzene rings is 2. The third-order valence-electron chi connectivity index (χ3n) is 3.55. The average molecular weight is 304 g/mol. The Balaban J connectivity index is 1.89. The molecule has 0 amide bonds. The van der Waals surface area contributed by atoms with Gasteiger partial charge in [-0.25, -0.2) is 9.90 Å². The quantitative estimate of drug-likeness (QED) is 0.825. The van der Waals surface area contributed by atoms with Crippen LogP contribution in [0.4, 0.5) is 5.69 Å². The van der Waals surface area contributed by atoms with Crippen LogP contribution in [0.1, 0.15) is 24.9 Å². The fourth-order valence-electron chi connectivity index (χ4n) is 2.58. The zero-order chi connectivity index (χ0) is 14.7. The monoisotopic (exact) mass is 303 g/mol. The van der Waals surface area contributed by atoms with E-state index in [4.69, 9.17) is 21.2 Å². The topological polar surface area (TPSA) is 21.7 Å². The van der Waals surface area contributed by atoms with Crippen molar-refractivity contribution in [3.8, 4) is 0 Å². The normalized spacial score (nSPS) is 21.7. The Kier molecular flexibility index (Phi) is 4.44. The van der Waals surface area contributed by atoms with Crippen LogP contribution in [0.2, 0.25) is 5.02 Å². The van der Waals surface area contributed by atoms with E-state index in [1.807, 2.05) is 66.6 Å². The van der Waals surface area contributed by atoms with Gasteiger partial charge in [0, 0.05) is 18.1 Å². The van der Waals surface area contributed by atoms with Crippen molar-refractivity contribution < 1.29 is 9.57 Å². The van der Waals surface area contributed by atoms with Gasteiger partial charge in [-0.1, -0.05) is 41.9 Å². The average Bonchev–Trinajstić information content (AvgIpc) is 2.93. The number of hydrogen-bond acceptors (Lipinski definition) is 3. The first kappa shape index (κ1) is 14.4. The van der Waals surface area contributed by atoms with Crippen molar-refractivity contribution in [1.82, 2.24) is 0 Å². The third kappa shape index (κ3) is 3.21. The molecule has 0 saturated carbocycles. The summed E-state index contributed by atoms with van der Waals surface area (Å²) in [5.74, 6) is 0. The Labute approximate surface area is 130 Å². The number of rotatable bonds is 4. The molecule has 21 heavy (non-hydrogen) atoms. The van der Waals surface area contributed by atoms with Crippen molar-refractivity contribution in [3.05, 3.63) is 65.2 Å². The molecule has 1 saturated heterocycles. The van der Waals surface area contributed by atoms with Gasteiger partial charge in [0.1, 0.15) is 0 Å². The van der Waals surface area contributed by atoms with Crippen LogP contribution in [0.5, 0.6) is 0 Å². The van der Waals surface area contributed by atoms with Crippen LogP contribution in [-0.4, -0.2) is 12.9 Å². The zero-order valence-corrected chi connectivity index (χ0v) is 12.7. The van der Waals surface area contributed by atoms with Crippen LogP contribution in [0.25, 0.3) is 0 Å². The van der Waals surface area contributed by atoms with Gasteiger partial charge in [0.05, 0.1) is 11.7 Å². The number of halogens is 1. The summed E-state index contributed by atoms with van der Waals surface area (Å²) >= 11 is 5.98. The van der Waals surface area contributed by atoms with E-state index in [2.05, 4.69) is 0 Å². The van der Waals surface area contributed by atoms with Crippen molar-refractivity contribution in [2.75, 3.05) is 11.7 Å². The predicted molar refractivity (Wildman–Crippen MR) is 84.2 cm³/mol. The highest BCUT2D eigenvalue weighted by Gasteiger charge is 2.35. The van der Waals surface area contributed by atoms with Crippen LogP contribution in [-0.2, 0) is 9.57 Å². The van der Waals surface area contributed by atoms with E-state index >= 15 is 0 Å². The fourth-order valence-corrected chi connectivity index (χ4v) is 2.70. The lowest BCUT2D eigenvalue weighted by Crippen LogP contribution is -2.22. The SMILES string of the molecule is CCO[C@H]1C[C@@H](c2ccc(Cl)cc2)N(c2ccccc2)O1. The minimum Gasteiger partial charge on any atom is -0.350 e. The summed E-state index contributed by atoms with van der Waals surface area (Å²) in [5, 5.41) is 2.68. The summed E-state index contributed by atoms with van der Waals surface area (Å²) in [6.07, 6.45) is 0.584. The number of ether oxygens (including phenoxy) is 1. The lowest BCUT2D eigenvalue weighted by Gasteiger charge is -2.24. The molecule has 0 bridgehead atoms. The molecule has 3 rings (SSSR count). The minimum absolute atomic E-state index is 0.126. The molecular weight excluding hydrogens is 286 g/mol. The molecule has 4 heteroatoms. The van der Waals surface area contributed by atoms with Crippen molar-refractivity contribution in [2.24, 2.45) is 0 Å². The summed E-state index contributed by atoms with van der Waals surface area (Å²) in [6.45, 7) is 2.62. The highest BCUT2D eigenvalue weighted by Crippen LogP contribution is 2.38. The Bertz CT molecular complexity index is 573. The van der Waals surface area contributed by atoms with E-state index in [0.29, 0.717) is 6.61 Å². The maximum absolute atomic E-state index is 5.98. The molecule has 2 atom stereocenters. The molecule has 3 nitrogen and oxygen atoms in total. The zero-order valence-electron chi connectivity index (χ0n) is 11.9. The van der Waals surface area contributed by atoms with Gasteiger partial charge in [0.15, 0.2) is 6.29 Å². The Morgan fingerprint density at radius 2 is 1.86 bits per heavy atom. The predicted octanol–water partition coefficient (Wildman–Crippen LogP) is 4.59. The third-order valence-corrected chi connectivity index (χ3v) is 3.80. The second kappa shape index (κ2) is 6.48. The van der Waals surface area contributed by atoms with Gasteiger partial charge in [-0.15, -0.1) is 0 Å². The molecule has 1 aliphatic rings. The van der Waals surface area contributed by atoms with Gasteiger partial charge in [-0.05, 0) is 36.8 Å². The van der Waals surface area contributed by atoms with E-state index in [-0.39, 0.29) is 12.3 Å². The number of hydrogen-bond donors (Lipinski definition) is 0. The Morgan fingerprint density at radius 3 is 2.52 bits per heavy atom. The molecule has 2 aromatic rings. The molecule has 0 aliphatic carbocycles. The maximum atomic E-state index is 5.98. The molecule has 0 radical (unpaired) electrons. The molecule has 1 aliphatic heterocycles. The maximum Gasteiger partial charge on any atom is 0.186 e. The molecule has 1 fully saturated rings. The van der Waals surface area contributed by atoms with Crippen LogP contribution in [0, 0.1) is 0 Å². The number of hydroxylamine groups is 1. The second-order valence-corrected chi connectivity index (χ2v) is 5.39. The first-order valence-corrected chi connectivity index (χ1v) is 7.54. The van der Waals surface area contributed by atoms with E-state index in [9.17, 15) is 0 Å². The van der Waals surface area contributed by atoms with Gasteiger partial charge in [-0.3, -0.25) is 0 Å². The van der Waals surface area contributed by atoms with Crippen LogP contribution < -0.4 is 5.06 Å². The lowest BCUT2D eigenvalue weighted by molar-refractivity contribution is -0.115. The number of anilines is 1. The molecule has 110 valence electrons.